The minimum Gasteiger partial charge on any atom is -0.493 e. The third kappa shape index (κ3) is 6.36. The average Bonchev–Trinajstić information content (AvgIpc) is 2.75. The molecule has 0 saturated carbocycles. The minimum atomic E-state index is -4.68. The van der Waals surface area contributed by atoms with Gasteiger partial charge < -0.3 is 14.4 Å². The van der Waals surface area contributed by atoms with Gasteiger partial charge in [-0.05, 0) is 49.2 Å². The van der Waals surface area contributed by atoms with E-state index in [2.05, 4.69) is 4.72 Å². The van der Waals surface area contributed by atoms with Crippen molar-refractivity contribution in [2.75, 3.05) is 27.8 Å². The summed E-state index contributed by atoms with van der Waals surface area (Å²) in [4.78, 5) is 13.4. The molecule has 0 aromatic heterocycles. The smallest absolute Gasteiger partial charge is 0.416 e. The summed E-state index contributed by atoms with van der Waals surface area (Å²) in [6, 6.07) is 7.49. The van der Waals surface area contributed by atoms with Crippen molar-refractivity contribution in [3.8, 4) is 11.5 Å². The number of nitrogens with one attached hydrogen (secondary N) is 1. The van der Waals surface area contributed by atoms with E-state index in [0.29, 0.717) is 24.0 Å². The molecule has 2 aromatic carbocycles. The van der Waals surface area contributed by atoms with Crippen molar-refractivity contribution in [3.05, 3.63) is 53.6 Å². The lowest BCUT2D eigenvalue weighted by atomic mass is 10.1. The fourth-order valence-corrected chi connectivity index (χ4v) is 4.21. The number of methoxy groups -OCH3 is 2. The Morgan fingerprint density at radius 3 is 2.34 bits per heavy atom. The fourth-order valence-electron chi connectivity index (χ4n) is 2.96. The molecule has 0 bridgehead atoms. The molecule has 2 aromatic rings. The highest BCUT2D eigenvalue weighted by molar-refractivity contribution is 7.89. The summed E-state index contributed by atoms with van der Waals surface area (Å²) in [5.41, 5.74) is -0.217. The number of halogens is 3. The Balaban J connectivity index is 2.04. The van der Waals surface area contributed by atoms with Gasteiger partial charge in [-0.15, -0.1) is 0 Å². The van der Waals surface area contributed by atoms with Crippen molar-refractivity contribution < 1.29 is 35.9 Å². The summed E-state index contributed by atoms with van der Waals surface area (Å²) >= 11 is 0. The van der Waals surface area contributed by atoms with Crippen LogP contribution in [0.2, 0.25) is 0 Å². The molecular formula is C21H25F3N2O5S. The van der Waals surface area contributed by atoms with E-state index < -0.39 is 38.6 Å². The molecule has 1 unspecified atom stereocenters. The molecule has 0 spiro atoms. The Bertz CT molecular complexity index is 1060. The molecule has 0 heterocycles. The Labute approximate surface area is 185 Å². The largest absolute Gasteiger partial charge is 0.493 e. The predicted molar refractivity (Wildman–Crippen MR) is 112 cm³/mol. The molecule has 11 heteroatoms. The van der Waals surface area contributed by atoms with Crippen LogP contribution in [0.5, 0.6) is 11.5 Å². The second-order valence-electron chi connectivity index (χ2n) is 7.07. The number of likely N-dealkylation sites (N-methyl/N-ethyl adjacent to an activating group) is 1. The topological polar surface area (TPSA) is 84.9 Å². The van der Waals surface area contributed by atoms with Crippen molar-refractivity contribution in [1.29, 1.82) is 0 Å². The quantitative estimate of drug-likeness (QED) is 0.604. The molecule has 2 rings (SSSR count). The van der Waals surface area contributed by atoms with Gasteiger partial charge in [0.05, 0.1) is 30.7 Å². The van der Waals surface area contributed by atoms with Gasteiger partial charge in [-0.1, -0.05) is 12.1 Å². The lowest BCUT2D eigenvalue weighted by molar-refractivity contribution is -0.137. The number of hydrogen-bond donors (Lipinski definition) is 1. The van der Waals surface area contributed by atoms with E-state index >= 15 is 0 Å². The van der Waals surface area contributed by atoms with Gasteiger partial charge in [0.15, 0.2) is 11.5 Å². The number of benzene rings is 2. The van der Waals surface area contributed by atoms with E-state index in [0.717, 1.165) is 23.8 Å². The minimum absolute atomic E-state index is 0.282. The van der Waals surface area contributed by atoms with Crippen molar-refractivity contribution in [2.24, 2.45) is 0 Å². The molecule has 0 fully saturated rings. The standard InChI is InChI=1S/C21H25F3N2O5S/c1-14(25-32(28,29)17-7-5-6-16(13-17)21(22,23)24)20(27)26(2)11-10-15-8-9-18(30-3)19(12-15)31-4/h5-9,12-14,25H,10-11H2,1-4H3. The van der Waals surface area contributed by atoms with Crippen LogP contribution in [0.4, 0.5) is 13.2 Å². The van der Waals surface area contributed by atoms with E-state index in [4.69, 9.17) is 9.47 Å². The van der Waals surface area contributed by atoms with Gasteiger partial charge >= 0.3 is 6.18 Å². The number of rotatable bonds is 9. The molecular weight excluding hydrogens is 449 g/mol. The van der Waals surface area contributed by atoms with Gasteiger partial charge in [0.25, 0.3) is 0 Å². The van der Waals surface area contributed by atoms with Crippen LogP contribution in [0.15, 0.2) is 47.4 Å². The summed E-state index contributed by atoms with van der Waals surface area (Å²) in [6.07, 6.45) is -4.22. The second-order valence-corrected chi connectivity index (χ2v) is 8.78. The highest BCUT2D eigenvalue weighted by atomic mass is 32.2. The number of nitrogens with zero attached hydrogens (tertiary/aromatic N) is 1. The van der Waals surface area contributed by atoms with Crippen LogP contribution in [0.25, 0.3) is 0 Å². The number of sulfonamides is 1. The average molecular weight is 475 g/mol. The summed E-state index contributed by atoms with van der Waals surface area (Å²) in [7, 11) is 0.209. The number of amides is 1. The summed E-state index contributed by atoms with van der Waals surface area (Å²) in [5.74, 6) is 0.584. The molecule has 1 atom stereocenters. The predicted octanol–water partition coefficient (Wildman–Crippen LogP) is 3.09. The molecule has 0 radical (unpaired) electrons. The first-order chi connectivity index (χ1) is 14.9. The highest BCUT2D eigenvalue weighted by Crippen LogP contribution is 2.30. The molecule has 32 heavy (non-hydrogen) atoms. The molecule has 1 N–H and O–H groups in total. The normalized spacial score (nSPS) is 12.8. The van der Waals surface area contributed by atoms with Gasteiger partial charge in [-0.2, -0.15) is 17.9 Å². The lowest BCUT2D eigenvalue weighted by Gasteiger charge is -2.22. The second kappa shape index (κ2) is 10.2. The maximum absolute atomic E-state index is 12.9. The molecule has 0 aliphatic heterocycles. The Kier molecular flexibility index (Phi) is 8.13. The zero-order valence-electron chi connectivity index (χ0n) is 18.1. The third-order valence-corrected chi connectivity index (χ3v) is 6.27. The molecule has 176 valence electrons. The van der Waals surface area contributed by atoms with Gasteiger partial charge in [0.2, 0.25) is 15.9 Å². The van der Waals surface area contributed by atoms with E-state index in [-0.39, 0.29) is 6.54 Å². The van der Waals surface area contributed by atoms with Crippen LogP contribution in [-0.2, 0) is 27.4 Å². The monoisotopic (exact) mass is 474 g/mol. The van der Waals surface area contributed by atoms with Gasteiger partial charge in [0.1, 0.15) is 0 Å². The first-order valence-corrected chi connectivity index (χ1v) is 11.0. The Morgan fingerprint density at radius 1 is 1.09 bits per heavy atom. The van der Waals surface area contributed by atoms with Crippen molar-refractivity contribution in [1.82, 2.24) is 9.62 Å². The zero-order valence-corrected chi connectivity index (χ0v) is 18.9. The van der Waals surface area contributed by atoms with Gasteiger partial charge in [-0.25, -0.2) is 8.42 Å². The van der Waals surface area contributed by atoms with Gasteiger partial charge in [0, 0.05) is 13.6 Å². The van der Waals surface area contributed by atoms with Crippen molar-refractivity contribution >= 4 is 15.9 Å². The van der Waals surface area contributed by atoms with Gasteiger partial charge in [-0.3, -0.25) is 4.79 Å². The maximum atomic E-state index is 12.9. The first kappa shape index (κ1) is 25.5. The lowest BCUT2D eigenvalue weighted by Crippen LogP contribution is -2.46. The molecule has 0 aliphatic rings. The van der Waals surface area contributed by atoms with E-state index in [1.54, 1.807) is 12.1 Å². The van der Waals surface area contributed by atoms with Crippen molar-refractivity contribution in [3.63, 3.8) is 0 Å². The van der Waals surface area contributed by atoms with E-state index in [1.807, 2.05) is 6.07 Å². The summed E-state index contributed by atoms with van der Waals surface area (Å²) in [5, 5.41) is 0. The molecule has 0 saturated heterocycles. The number of carbonyl (C=O) groups is 1. The number of ether oxygens (including phenoxy) is 2. The van der Waals surface area contributed by atoms with Crippen LogP contribution in [0, 0.1) is 0 Å². The highest BCUT2D eigenvalue weighted by Gasteiger charge is 2.32. The molecule has 0 aliphatic carbocycles. The van der Waals surface area contributed by atoms with E-state index in [9.17, 15) is 26.4 Å². The van der Waals surface area contributed by atoms with E-state index in [1.165, 1.54) is 33.1 Å². The van der Waals surface area contributed by atoms with Crippen LogP contribution >= 0.6 is 0 Å². The molecule has 7 nitrogen and oxygen atoms in total. The fraction of sp³-hybridized carbons (Fsp3) is 0.381. The molecule has 1 amide bonds. The number of hydrogen-bond acceptors (Lipinski definition) is 5. The van der Waals surface area contributed by atoms with Crippen LogP contribution in [-0.4, -0.2) is 53.1 Å². The number of alkyl halides is 3. The Hall–Kier alpha value is -2.79. The summed E-state index contributed by atoms with van der Waals surface area (Å²) < 4.78 is 76.2. The Morgan fingerprint density at radius 2 is 1.75 bits per heavy atom. The zero-order chi connectivity index (χ0) is 24.1. The number of carbonyl (C=O) groups excluding carboxylic acids is 1. The SMILES string of the molecule is COc1ccc(CCN(C)C(=O)C(C)NS(=O)(=O)c2cccc(C(F)(F)F)c2)cc1OC. The summed E-state index contributed by atoms with van der Waals surface area (Å²) in [6.45, 7) is 1.62. The van der Waals surface area contributed by atoms with Crippen molar-refractivity contribution in [2.45, 2.75) is 30.5 Å². The maximum Gasteiger partial charge on any atom is 0.416 e. The van der Waals surface area contributed by atoms with Crippen LogP contribution < -0.4 is 14.2 Å². The third-order valence-electron chi connectivity index (χ3n) is 4.73. The van der Waals surface area contributed by atoms with Crippen LogP contribution in [0.3, 0.4) is 0 Å². The first-order valence-electron chi connectivity index (χ1n) is 9.54. The van der Waals surface area contributed by atoms with Crippen LogP contribution in [0.1, 0.15) is 18.1 Å².